The average molecular weight is 427 g/mol. The number of nitrogens with one attached hydrogen (secondary N) is 1. The van der Waals surface area contributed by atoms with Crippen molar-refractivity contribution in [3.8, 4) is 0 Å². The first-order valence-corrected chi connectivity index (χ1v) is 10.9. The highest BCUT2D eigenvalue weighted by Crippen LogP contribution is 2.45. The van der Waals surface area contributed by atoms with E-state index in [1.54, 1.807) is 17.4 Å². The molecule has 3 aliphatic heterocycles. The van der Waals surface area contributed by atoms with Crippen molar-refractivity contribution in [2.75, 3.05) is 31.6 Å². The summed E-state index contributed by atoms with van der Waals surface area (Å²) < 4.78 is 25.2. The van der Waals surface area contributed by atoms with Gasteiger partial charge < -0.3 is 14.8 Å². The first-order chi connectivity index (χ1) is 14.4. The number of halogens is 1. The Balaban J connectivity index is 1.47. The molecule has 0 spiro atoms. The zero-order chi connectivity index (χ0) is 20.9. The quantitative estimate of drug-likeness (QED) is 0.745. The van der Waals surface area contributed by atoms with Crippen LogP contribution < -0.4 is 5.32 Å². The summed E-state index contributed by atoms with van der Waals surface area (Å²) in [7, 11) is 0. The molecule has 156 valence electrons. The lowest BCUT2D eigenvalue weighted by molar-refractivity contribution is -0.111. The molecule has 7 heteroatoms. The Kier molecular flexibility index (Phi) is 4.76. The van der Waals surface area contributed by atoms with Crippen LogP contribution in [0.5, 0.6) is 0 Å². The molecule has 4 heterocycles. The minimum atomic E-state index is -0.567. The van der Waals surface area contributed by atoms with Gasteiger partial charge in [-0.1, -0.05) is 0 Å². The molecule has 0 atom stereocenters. The summed E-state index contributed by atoms with van der Waals surface area (Å²) in [6.07, 6.45) is 1.95. The smallest absolute Gasteiger partial charge is 0.260 e. The van der Waals surface area contributed by atoms with Crippen molar-refractivity contribution in [2.24, 2.45) is 0 Å². The topological polar surface area (TPSA) is 50.8 Å². The highest BCUT2D eigenvalue weighted by atomic mass is 32.1. The van der Waals surface area contributed by atoms with E-state index in [-0.39, 0.29) is 11.7 Å². The summed E-state index contributed by atoms with van der Waals surface area (Å²) in [5.74, 6) is -0.119. The molecule has 0 radical (unpaired) electrons. The van der Waals surface area contributed by atoms with Gasteiger partial charge in [0.25, 0.3) is 5.91 Å². The number of allylic oxidation sites excluding steroid dienone is 1. The number of fused-ring (bicyclic) bond motifs is 1. The first kappa shape index (κ1) is 19.5. The fraction of sp³-hybridized carbons (Fsp3) is 0.348. The van der Waals surface area contributed by atoms with Gasteiger partial charge in [0.1, 0.15) is 17.2 Å². The van der Waals surface area contributed by atoms with Gasteiger partial charge in [0.2, 0.25) is 0 Å². The highest BCUT2D eigenvalue weighted by molar-refractivity contribution is 7.10. The van der Waals surface area contributed by atoms with Crippen LogP contribution >= 0.6 is 11.3 Å². The molecular weight excluding hydrogens is 403 g/mol. The van der Waals surface area contributed by atoms with E-state index in [4.69, 9.17) is 9.47 Å². The SMILES string of the molecule is CC1(C)O/C(=C2/C(=O)Nc3cc(F)ccc32)C=C1c1csc(CN2CCOCC2)c1. The van der Waals surface area contributed by atoms with E-state index in [0.29, 0.717) is 22.6 Å². The fourth-order valence-electron chi connectivity index (χ4n) is 4.19. The van der Waals surface area contributed by atoms with Crippen LogP contribution in [0.15, 0.2) is 41.5 Å². The summed E-state index contributed by atoms with van der Waals surface area (Å²) in [5, 5.41) is 4.89. The van der Waals surface area contributed by atoms with Crippen LogP contribution in [-0.2, 0) is 20.8 Å². The Bertz CT molecular complexity index is 1080. The molecule has 0 bridgehead atoms. The van der Waals surface area contributed by atoms with Crippen molar-refractivity contribution >= 4 is 34.1 Å². The molecule has 1 saturated heterocycles. The number of morpholine rings is 1. The Hall–Kier alpha value is -2.48. The van der Waals surface area contributed by atoms with Crippen molar-refractivity contribution in [1.29, 1.82) is 0 Å². The molecule has 1 N–H and O–H groups in total. The molecule has 1 aromatic heterocycles. The lowest BCUT2D eigenvalue weighted by atomic mass is 9.94. The second-order valence-electron chi connectivity index (χ2n) is 8.24. The van der Waals surface area contributed by atoms with Crippen molar-refractivity contribution < 1.29 is 18.7 Å². The van der Waals surface area contributed by atoms with Gasteiger partial charge in [0.15, 0.2) is 0 Å². The summed E-state index contributed by atoms with van der Waals surface area (Å²) in [4.78, 5) is 16.3. The number of carbonyl (C=O) groups is 1. The average Bonchev–Trinajstić information content (AvgIpc) is 3.36. The van der Waals surface area contributed by atoms with E-state index in [9.17, 15) is 9.18 Å². The van der Waals surface area contributed by atoms with E-state index in [1.165, 1.54) is 17.0 Å². The Labute approximate surface area is 178 Å². The van der Waals surface area contributed by atoms with Crippen LogP contribution in [0.4, 0.5) is 10.1 Å². The molecule has 0 saturated carbocycles. The molecule has 30 heavy (non-hydrogen) atoms. The zero-order valence-electron chi connectivity index (χ0n) is 17.0. The number of amides is 1. The van der Waals surface area contributed by atoms with E-state index < -0.39 is 5.60 Å². The normalized spacial score (nSPS) is 23.2. The molecule has 1 amide bonds. The first-order valence-electron chi connectivity index (χ1n) is 10.1. The van der Waals surface area contributed by atoms with Gasteiger partial charge >= 0.3 is 0 Å². The third-order valence-electron chi connectivity index (χ3n) is 5.71. The van der Waals surface area contributed by atoms with E-state index >= 15 is 0 Å². The van der Waals surface area contributed by atoms with Crippen LogP contribution in [0, 0.1) is 5.82 Å². The minimum absolute atomic E-state index is 0.266. The van der Waals surface area contributed by atoms with E-state index in [2.05, 4.69) is 21.7 Å². The maximum absolute atomic E-state index is 13.6. The Morgan fingerprint density at radius 1 is 1.23 bits per heavy atom. The van der Waals surface area contributed by atoms with Crippen LogP contribution in [0.2, 0.25) is 0 Å². The monoisotopic (exact) mass is 426 g/mol. The zero-order valence-corrected chi connectivity index (χ0v) is 17.8. The predicted molar refractivity (Wildman–Crippen MR) is 116 cm³/mol. The lowest BCUT2D eigenvalue weighted by Gasteiger charge is -2.26. The number of benzene rings is 1. The molecule has 0 aliphatic carbocycles. The van der Waals surface area contributed by atoms with Gasteiger partial charge in [-0.25, -0.2) is 4.39 Å². The van der Waals surface area contributed by atoms with Crippen molar-refractivity contribution in [2.45, 2.75) is 26.0 Å². The molecule has 3 aliphatic rings. The van der Waals surface area contributed by atoms with Crippen molar-refractivity contribution in [3.05, 3.63) is 63.3 Å². The Morgan fingerprint density at radius 2 is 2.03 bits per heavy atom. The molecule has 1 fully saturated rings. The molecule has 1 aromatic carbocycles. The highest BCUT2D eigenvalue weighted by Gasteiger charge is 2.38. The van der Waals surface area contributed by atoms with Gasteiger partial charge in [0.05, 0.1) is 24.5 Å². The molecule has 2 aromatic rings. The summed E-state index contributed by atoms with van der Waals surface area (Å²) in [5.41, 5.74) is 3.19. The number of hydrogen-bond acceptors (Lipinski definition) is 5. The number of hydrogen-bond donors (Lipinski definition) is 1. The second kappa shape index (κ2) is 7.34. The molecule has 5 rings (SSSR count). The largest absolute Gasteiger partial charge is 0.482 e. The number of thiophene rings is 1. The predicted octanol–water partition coefficient (Wildman–Crippen LogP) is 4.28. The van der Waals surface area contributed by atoms with Gasteiger partial charge in [-0.15, -0.1) is 11.3 Å². The number of rotatable bonds is 3. The van der Waals surface area contributed by atoms with E-state index in [1.807, 2.05) is 19.9 Å². The van der Waals surface area contributed by atoms with Crippen LogP contribution in [0.1, 0.15) is 29.9 Å². The molecular formula is C23H23FN2O3S. The van der Waals surface area contributed by atoms with Gasteiger partial charge in [-0.3, -0.25) is 9.69 Å². The van der Waals surface area contributed by atoms with Crippen molar-refractivity contribution in [1.82, 2.24) is 4.90 Å². The van der Waals surface area contributed by atoms with Crippen LogP contribution in [-0.4, -0.2) is 42.7 Å². The van der Waals surface area contributed by atoms with Crippen molar-refractivity contribution in [3.63, 3.8) is 0 Å². The number of ether oxygens (including phenoxy) is 2. The summed E-state index contributed by atoms with van der Waals surface area (Å²) in [6, 6.07) is 6.53. The van der Waals surface area contributed by atoms with Gasteiger partial charge in [-0.05, 0) is 55.1 Å². The standard InChI is InChI=1S/C23H23FN2O3S/c1-23(2)18(14-9-16(30-13-14)12-26-5-7-28-8-6-26)11-20(29-23)21-17-4-3-15(24)10-19(17)25-22(21)27/h3-4,9-11,13H,5-8,12H2,1-2H3,(H,25,27)/b21-20+. The lowest BCUT2D eigenvalue weighted by Crippen LogP contribution is -2.35. The van der Waals surface area contributed by atoms with E-state index in [0.717, 1.165) is 44.0 Å². The molecule has 5 nitrogen and oxygen atoms in total. The molecule has 0 unspecified atom stereocenters. The Morgan fingerprint density at radius 3 is 2.83 bits per heavy atom. The van der Waals surface area contributed by atoms with Crippen LogP contribution in [0.25, 0.3) is 11.1 Å². The maximum atomic E-state index is 13.6. The van der Waals surface area contributed by atoms with Gasteiger partial charge in [-0.2, -0.15) is 0 Å². The third-order valence-corrected chi connectivity index (χ3v) is 6.63. The second-order valence-corrected chi connectivity index (χ2v) is 9.24. The summed E-state index contributed by atoms with van der Waals surface area (Å²) >= 11 is 1.74. The summed E-state index contributed by atoms with van der Waals surface area (Å²) in [6.45, 7) is 8.40. The number of anilines is 1. The fourth-order valence-corrected chi connectivity index (χ4v) is 5.12. The number of nitrogens with zero attached hydrogens (tertiary/aromatic N) is 1. The third kappa shape index (κ3) is 3.47. The van der Waals surface area contributed by atoms with Gasteiger partial charge in [0, 0.05) is 35.6 Å². The maximum Gasteiger partial charge on any atom is 0.260 e. The minimum Gasteiger partial charge on any atom is -0.482 e. The number of carbonyl (C=O) groups excluding carboxylic acids is 1. The van der Waals surface area contributed by atoms with Crippen LogP contribution in [0.3, 0.4) is 0 Å².